The minimum atomic E-state index is -0.659. The van der Waals surface area contributed by atoms with Gasteiger partial charge in [-0.15, -0.1) is 0 Å². The summed E-state index contributed by atoms with van der Waals surface area (Å²) in [5.74, 6) is 0.862. The number of aliphatic hydroxyl groups is 2. The van der Waals surface area contributed by atoms with Crippen molar-refractivity contribution >= 4 is 5.91 Å². The summed E-state index contributed by atoms with van der Waals surface area (Å²) in [6.45, 7) is 7.19. The number of rotatable bonds is 9. The van der Waals surface area contributed by atoms with E-state index in [4.69, 9.17) is 9.84 Å². The minimum Gasteiger partial charge on any atom is -0.494 e. The van der Waals surface area contributed by atoms with Gasteiger partial charge in [0.25, 0.3) is 0 Å². The average molecular weight is 406 g/mol. The molecule has 29 heavy (non-hydrogen) atoms. The van der Waals surface area contributed by atoms with Gasteiger partial charge in [-0.1, -0.05) is 12.1 Å². The van der Waals surface area contributed by atoms with Crippen molar-refractivity contribution < 1.29 is 19.7 Å². The van der Waals surface area contributed by atoms with Crippen molar-refractivity contribution in [3.8, 4) is 5.75 Å². The lowest BCUT2D eigenvalue weighted by atomic mass is 9.99. The highest BCUT2D eigenvalue weighted by Gasteiger charge is 2.38. The van der Waals surface area contributed by atoms with E-state index in [1.54, 1.807) is 6.92 Å². The van der Waals surface area contributed by atoms with E-state index >= 15 is 0 Å². The van der Waals surface area contributed by atoms with Crippen LogP contribution in [0.5, 0.6) is 5.75 Å². The van der Waals surface area contributed by atoms with Crippen LogP contribution in [0, 0.1) is 0 Å². The monoisotopic (exact) mass is 405 g/mol. The van der Waals surface area contributed by atoms with Gasteiger partial charge in [-0.05, 0) is 37.0 Å². The Morgan fingerprint density at radius 3 is 2.59 bits per heavy atom. The van der Waals surface area contributed by atoms with E-state index in [1.807, 2.05) is 12.1 Å². The lowest BCUT2D eigenvalue weighted by molar-refractivity contribution is -0.120. The molecule has 0 radical (unpaired) electrons. The molecule has 2 aliphatic heterocycles. The predicted molar refractivity (Wildman–Crippen MR) is 112 cm³/mol. The first kappa shape index (κ1) is 22.0. The second-order valence-electron chi connectivity index (χ2n) is 8.51. The first-order valence-corrected chi connectivity index (χ1v) is 10.7. The van der Waals surface area contributed by atoms with Crippen LogP contribution in [0.1, 0.15) is 38.2 Å². The molecular weight excluding hydrogens is 370 g/mol. The van der Waals surface area contributed by atoms with Gasteiger partial charge >= 0.3 is 0 Å². The van der Waals surface area contributed by atoms with Crippen molar-refractivity contribution in [2.75, 3.05) is 45.9 Å². The number of carbonyl (C=O) groups is 1. The van der Waals surface area contributed by atoms with E-state index in [9.17, 15) is 9.90 Å². The molecular formula is C22H35N3O4. The van der Waals surface area contributed by atoms with Gasteiger partial charge < -0.3 is 25.2 Å². The van der Waals surface area contributed by atoms with Crippen LogP contribution in [0.15, 0.2) is 24.3 Å². The number of ether oxygens (including phenoxy) is 1. The zero-order valence-electron chi connectivity index (χ0n) is 17.5. The minimum absolute atomic E-state index is 0.0401. The molecule has 2 fully saturated rings. The van der Waals surface area contributed by atoms with Crippen LogP contribution < -0.4 is 10.1 Å². The predicted octanol–water partition coefficient (Wildman–Crippen LogP) is 0.985. The van der Waals surface area contributed by atoms with E-state index in [0.29, 0.717) is 26.1 Å². The summed E-state index contributed by atoms with van der Waals surface area (Å²) < 4.78 is 5.58. The van der Waals surface area contributed by atoms with Crippen molar-refractivity contribution in [2.24, 2.45) is 0 Å². The number of benzene rings is 1. The zero-order chi connectivity index (χ0) is 20.7. The smallest absolute Gasteiger partial charge is 0.217 e. The summed E-state index contributed by atoms with van der Waals surface area (Å²) in [6, 6.07) is 8.34. The van der Waals surface area contributed by atoms with Gasteiger partial charge in [0, 0.05) is 65.3 Å². The van der Waals surface area contributed by atoms with Gasteiger partial charge in [0.1, 0.15) is 5.75 Å². The molecule has 7 heteroatoms. The fraction of sp³-hybridized carbons (Fsp3) is 0.682. The number of piperidine rings is 1. The largest absolute Gasteiger partial charge is 0.494 e. The number of carbonyl (C=O) groups excluding carboxylic acids is 1. The molecule has 1 amide bonds. The van der Waals surface area contributed by atoms with Crippen molar-refractivity contribution in [1.82, 2.24) is 15.1 Å². The van der Waals surface area contributed by atoms with Crippen LogP contribution in [-0.4, -0.2) is 83.5 Å². The third kappa shape index (κ3) is 6.96. The van der Waals surface area contributed by atoms with Gasteiger partial charge in [0.15, 0.2) is 0 Å². The Morgan fingerprint density at radius 2 is 1.93 bits per heavy atom. The fourth-order valence-corrected chi connectivity index (χ4v) is 4.35. The summed E-state index contributed by atoms with van der Waals surface area (Å²) in [5, 5.41) is 22.9. The summed E-state index contributed by atoms with van der Waals surface area (Å²) >= 11 is 0. The van der Waals surface area contributed by atoms with Crippen LogP contribution in [0.25, 0.3) is 0 Å². The van der Waals surface area contributed by atoms with E-state index in [-0.39, 0.29) is 18.6 Å². The molecule has 0 spiro atoms. The van der Waals surface area contributed by atoms with E-state index in [1.165, 1.54) is 5.56 Å². The first-order valence-electron chi connectivity index (χ1n) is 10.7. The molecule has 7 nitrogen and oxygen atoms in total. The number of likely N-dealkylation sites (tertiary alicyclic amines) is 2. The highest BCUT2D eigenvalue weighted by atomic mass is 16.5. The van der Waals surface area contributed by atoms with E-state index in [0.717, 1.165) is 51.2 Å². The van der Waals surface area contributed by atoms with Gasteiger partial charge in [-0.25, -0.2) is 0 Å². The first-order chi connectivity index (χ1) is 14.0. The molecule has 162 valence electrons. The lowest BCUT2D eigenvalue weighted by Gasteiger charge is -2.36. The Kier molecular flexibility index (Phi) is 7.89. The highest BCUT2D eigenvalue weighted by molar-refractivity contribution is 5.73. The van der Waals surface area contributed by atoms with Gasteiger partial charge in [-0.2, -0.15) is 0 Å². The molecule has 1 atom stereocenters. The molecule has 2 heterocycles. The number of nitrogens with one attached hydrogen (secondary N) is 1. The van der Waals surface area contributed by atoms with Crippen LogP contribution in [0.2, 0.25) is 0 Å². The maximum atomic E-state index is 11.2. The zero-order valence-corrected chi connectivity index (χ0v) is 17.5. The fourth-order valence-electron chi connectivity index (χ4n) is 4.35. The molecule has 1 aromatic carbocycles. The molecule has 0 aromatic heterocycles. The molecule has 3 N–H and O–H groups in total. The van der Waals surface area contributed by atoms with Crippen LogP contribution in [0.4, 0.5) is 0 Å². The number of hydrogen-bond donors (Lipinski definition) is 3. The number of nitrogens with zero attached hydrogens (tertiary/aromatic N) is 2. The second kappa shape index (κ2) is 10.4. The summed E-state index contributed by atoms with van der Waals surface area (Å²) in [5.41, 5.74) is 0.550. The Morgan fingerprint density at radius 1 is 1.21 bits per heavy atom. The molecule has 1 aromatic rings. The second-order valence-corrected chi connectivity index (χ2v) is 8.51. The van der Waals surface area contributed by atoms with Crippen molar-refractivity contribution in [3.63, 3.8) is 0 Å². The standard InChI is InChI=1S/C22H35N3O4/c1-18(27)23-20-7-10-24(11-8-20)16-22(28)9-12-25(17-22)15-19-3-5-21(6-4-19)29-14-2-13-26/h3-6,20,26,28H,2,7-17H2,1H3,(H,23,27)/t22-/m1/s1. The normalized spacial score (nSPS) is 24.0. The number of β-amino-alcohol motifs (C(OH)–C–C–N with tert-alkyl or cyclic N) is 1. The maximum Gasteiger partial charge on any atom is 0.217 e. The van der Waals surface area contributed by atoms with E-state index < -0.39 is 5.60 Å². The Hall–Kier alpha value is -1.67. The van der Waals surface area contributed by atoms with Crippen LogP contribution in [-0.2, 0) is 11.3 Å². The lowest BCUT2D eigenvalue weighted by Crippen LogP contribution is -2.50. The molecule has 0 unspecified atom stereocenters. The van der Waals surface area contributed by atoms with Crippen molar-refractivity contribution in [2.45, 2.75) is 50.8 Å². The molecule has 3 rings (SSSR count). The molecule has 0 bridgehead atoms. The van der Waals surface area contributed by atoms with Gasteiger partial charge in [0.2, 0.25) is 5.91 Å². The summed E-state index contributed by atoms with van der Waals surface area (Å²) in [4.78, 5) is 15.8. The number of hydrogen-bond acceptors (Lipinski definition) is 6. The quantitative estimate of drug-likeness (QED) is 0.531. The molecule has 0 saturated carbocycles. The molecule has 2 saturated heterocycles. The SMILES string of the molecule is CC(=O)NC1CCN(C[C@]2(O)CCN(Cc3ccc(OCCCO)cc3)C2)CC1. The third-order valence-electron chi connectivity index (χ3n) is 5.82. The Labute approximate surface area is 173 Å². The average Bonchev–Trinajstić information content (AvgIpc) is 3.05. The maximum absolute atomic E-state index is 11.2. The Bertz CT molecular complexity index is 646. The van der Waals surface area contributed by atoms with Crippen LogP contribution in [0.3, 0.4) is 0 Å². The highest BCUT2D eigenvalue weighted by Crippen LogP contribution is 2.26. The summed E-state index contributed by atoms with van der Waals surface area (Å²) in [6.07, 6.45) is 3.33. The van der Waals surface area contributed by atoms with Crippen LogP contribution >= 0.6 is 0 Å². The van der Waals surface area contributed by atoms with Gasteiger partial charge in [-0.3, -0.25) is 9.69 Å². The topological polar surface area (TPSA) is 85.3 Å². The number of amides is 1. The van der Waals surface area contributed by atoms with Gasteiger partial charge in [0.05, 0.1) is 12.2 Å². The van der Waals surface area contributed by atoms with E-state index in [2.05, 4.69) is 27.2 Å². The molecule has 0 aliphatic carbocycles. The summed E-state index contributed by atoms with van der Waals surface area (Å²) in [7, 11) is 0. The molecule has 2 aliphatic rings. The Balaban J connectivity index is 1.41. The van der Waals surface area contributed by atoms with Crippen molar-refractivity contribution in [1.29, 1.82) is 0 Å². The number of aliphatic hydroxyl groups excluding tert-OH is 1. The van der Waals surface area contributed by atoms with Crippen molar-refractivity contribution in [3.05, 3.63) is 29.8 Å². The third-order valence-corrected chi connectivity index (χ3v) is 5.82.